The lowest BCUT2D eigenvalue weighted by molar-refractivity contribution is -0.130. The fourth-order valence-electron chi connectivity index (χ4n) is 1.00. The monoisotopic (exact) mass is 210 g/mol. The van der Waals surface area contributed by atoms with Crippen LogP contribution in [0, 0.1) is 0 Å². The minimum atomic E-state index is -0.272. The molecule has 0 fully saturated rings. The molecule has 4 heteroatoms. The summed E-state index contributed by atoms with van der Waals surface area (Å²) < 4.78 is 5.34. The maximum absolute atomic E-state index is 11.3. The van der Waals surface area contributed by atoms with Crippen LogP contribution in [-0.4, -0.2) is 23.1 Å². The normalized spacial score (nSPS) is 11.4. The van der Waals surface area contributed by atoms with Gasteiger partial charge in [0.15, 0.2) is 0 Å². The predicted octanol–water partition coefficient (Wildman–Crippen LogP) is 1.45. The number of aromatic amines is 1. The van der Waals surface area contributed by atoms with Crippen molar-refractivity contribution in [1.29, 1.82) is 0 Å². The van der Waals surface area contributed by atoms with Crippen molar-refractivity contribution in [2.75, 3.05) is 6.61 Å². The zero-order valence-corrected chi connectivity index (χ0v) is 9.46. The van der Waals surface area contributed by atoms with E-state index in [4.69, 9.17) is 4.74 Å². The van der Waals surface area contributed by atoms with Crippen molar-refractivity contribution in [1.82, 2.24) is 10.3 Å². The molecule has 0 aliphatic heterocycles. The van der Waals surface area contributed by atoms with Crippen molar-refractivity contribution in [2.24, 2.45) is 0 Å². The summed E-state index contributed by atoms with van der Waals surface area (Å²) in [4.78, 5) is 14.3. The van der Waals surface area contributed by atoms with Crippen molar-refractivity contribution in [3.05, 3.63) is 24.0 Å². The molecule has 0 aromatic carbocycles. The smallest absolute Gasteiger partial charge is 0.246 e. The van der Waals surface area contributed by atoms with Gasteiger partial charge in [-0.3, -0.25) is 4.79 Å². The summed E-state index contributed by atoms with van der Waals surface area (Å²) in [5.74, 6) is -0.0916. The van der Waals surface area contributed by atoms with Gasteiger partial charge in [-0.15, -0.1) is 0 Å². The zero-order valence-electron chi connectivity index (χ0n) is 9.46. The number of ether oxygens (including phenoxy) is 1. The molecule has 0 aliphatic carbocycles. The predicted molar refractivity (Wildman–Crippen MR) is 58.3 cm³/mol. The third-order valence-corrected chi connectivity index (χ3v) is 1.79. The highest BCUT2D eigenvalue weighted by Crippen LogP contribution is 2.05. The summed E-state index contributed by atoms with van der Waals surface area (Å²) in [6, 6.07) is 1.92. The van der Waals surface area contributed by atoms with Crippen LogP contribution < -0.4 is 5.32 Å². The van der Waals surface area contributed by atoms with Gasteiger partial charge in [-0.1, -0.05) is 0 Å². The molecule has 1 heterocycles. The van der Waals surface area contributed by atoms with Crippen molar-refractivity contribution >= 4 is 5.91 Å². The molecular formula is C11H18N2O2. The number of carbonyl (C=O) groups excluding carboxylic acids is 1. The number of aromatic nitrogens is 1. The van der Waals surface area contributed by atoms with Gasteiger partial charge in [-0.05, 0) is 32.4 Å². The molecule has 4 nitrogen and oxygen atoms in total. The van der Waals surface area contributed by atoms with Gasteiger partial charge in [0, 0.05) is 18.9 Å². The number of amides is 1. The van der Waals surface area contributed by atoms with Crippen LogP contribution >= 0.6 is 0 Å². The second-order valence-corrected chi connectivity index (χ2v) is 4.40. The molecule has 1 rings (SSSR count). The summed E-state index contributed by atoms with van der Waals surface area (Å²) in [6.07, 6.45) is 3.68. The summed E-state index contributed by atoms with van der Waals surface area (Å²) in [5, 5.41) is 2.77. The van der Waals surface area contributed by atoms with Crippen LogP contribution in [0.4, 0.5) is 0 Å². The molecule has 15 heavy (non-hydrogen) atoms. The van der Waals surface area contributed by atoms with Crippen LogP contribution in [0.15, 0.2) is 18.5 Å². The molecule has 2 N–H and O–H groups in total. The Morgan fingerprint density at radius 1 is 1.53 bits per heavy atom. The van der Waals surface area contributed by atoms with Gasteiger partial charge < -0.3 is 15.0 Å². The van der Waals surface area contributed by atoms with E-state index in [1.54, 1.807) is 0 Å². The Labute approximate surface area is 90.0 Å². The number of hydrogen-bond acceptors (Lipinski definition) is 2. The molecule has 0 atom stereocenters. The molecular weight excluding hydrogens is 192 g/mol. The minimum absolute atomic E-state index is 0.0916. The average molecular weight is 210 g/mol. The summed E-state index contributed by atoms with van der Waals surface area (Å²) in [5.41, 5.74) is 0.782. The first-order valence-corrected chi connectivity index (χ1v) is 5.00. The maximum Gasteiger partial charge on any atom is 0.246 e. The van der Waals surface area contributed by atoms with E-state index in [-0.39, 0.29) is 18.1 Å². The molecule has 0 radical (unpaired) electrons. The van der Waals surface area contributed by atoms with E-state index in [2.05, 4.69) is 10.3 Å². The van der Waals surface area contributed by atoms with E-state index < -0.39 is 0 Å². The molecule has 0 bridgehead atoms. The molecule has 0 unspecified atom stereocenters. The van der Waals surface area contributed by atoms with Gasteiger partial charge >= 0.3 is 0 Å². The lowest BCUT2D eigenvalue weighted by Gasteiger charge is -2.18. The summed E-state index contributed by atoms with van der Waals surface area (Å²) in [6.45, 7) is 6.41. The highest BCUT2D eigenvalue weighted by Gasteiger charge is 2.12. The Kier molecular flexibility index (Phi) is 3.91. The molecule has 1 aromatic heterocycles. The van der Waals surface area contributed by atoms with Crippen LogP contribution in [0.2, 0.25) is 0 Å². The highest BCUT2D eigenvalue weighted by atomic mass is 16.5. The Morgan fingerprint density at radius 3 is 2.80 bits per heavy atom. The first-order chi connectivity index (χ1) is 6.97. The number of nitrogens with one attached hydrogen (secondary N) is 2. The Bertz CT molecular complexity index is 299. The number of rotatable bonds is 4. The molecule has 84 valence electrons. The van der Waals surface area contributed by atoms with Crippen molar-refractivity contribution < 1.29 is 9.53 Å². The Morgan fingerprint density at radius 2 is 2.27 bits per heavy atom. The van der Waals surface area contributed by atoms with Crippen LogP contribution in [0.25, 0.3) is 0 Å². The largest absolute Gasteiger partial charge is 0.367 e. The van der Waals surface area contributed by atoms with Crippen LogP contribution in [0.1, 0.15) is 26.3 Å². The standard InChI is InChI=1S/C11H18N2O2/c1-11(2,3)15-8-10(14)13-7-9-4-5-12-6-9/h4-6,12H,7-8H2,1-3H3,(H,13,14). The molecule has 0 saturated heterocycles. The fraction of sp³-hybridized carbons (Fsp3) is 0.545. The van der Waals surface area contributed by atoms with Crippen LogP contribution in [0.3, 0.4) is 0 Å². The average Bonchev–Trinajstić information content (AvgIpc) is 2.62. The minimum Gasteiger partial charge on any atom is -0.367 e. The second-order valence-electron chi connectivity index (χ2n) is 4.40. The summed E-state index contributed by atoms with van der Waals surface area (Å²) in [7, 11) is 0. The quantitative estimate of drug-likeness (QED) is 0.790. The van der Waals surface area contributed by atoms with Crippen molar-refractivity contribution in [3.63, 3.8) is 0 Å². The van der Waals surface area contributed by atoms with Gasteiger partial charge in [0.05, 0.1) is 5.60 Å². The molecule has 1 amide bonds. The van der Waals surface area contributed by atoms with Gasteiger partial charge in [-0.2, -0.15) is 0 Å². The third-order valence-electron chi connectivity index (χ3n) is 1.79. The third kappa shape index (κ3) is 5.22. The molecule has 0 saturated carbocycles. The van der Waals surface area contributed by atoms with Gasteiger partial charge in [0.25, 0.3) is 0 Å². The maximum atomic E-state index is 11.3. The topological polar surface area (TPSA) is 54.1 Å². The van der Waals surface area contributed by atoms with Crippen molar-refractivity contribution in [3.8, 4) is 0 Å². The van der Waals surface area contributed by atoms with Gasteiger partial charge in [-0.25, -0.2) is 0 Å². The number of hydrogen-bond donors (Lipinski definition) is 2. The lowest BCUT2D eigenvalue weighted by Crippen LogP contribution is -2.31. The van der Waals surface area contributed by atoms with Crippen molar-refractivity contribution in [2.45, 2.75) is 32.9 Å². The molecule has 0 spiro atoms. The second kappa shape index (κ2) is 4.98. The van der Waals surface area contributed by atoms with E-state index in [9.17, 15) is 4.79 Å². The van der Waals surface area contributed by atoms with Crippen LogP contribution in [0.5, 0.6) is 0 Å². The molecule has 0 aliphatic rings. The number of carbonyl (C=O) groups is 1. The first kappa shape index (κ1) is 11.8. The van der Waals surface area contributed by atoms with Gasteiger partial charge in [0.2, 0.25) is 5.91 Å². The fourth-order valence-corrected chi connectivity index (χ4v) is 1.00. The Hall–Kier alpha value is -1.29. The zero-order chi connectivity index (χ0) is 11.3. The summed E-state index contributed by atoms with van der Waals surface area (Å²) >= 11 is 0. The lowest BCUT2D eigenvalue weighted by atomic mass is 10.2. The van der Waals surface area contributed by atoms with E-state index in [1.807, 2.05) is 39.2 Å². The van der Waals surface area contributed by atoms with Crippen LogP contribution in [-0.2, 0) is 16.1 Å². The first-order valence-electron chi connectivity index (χ1n) is 5.00. The number of H-pyrrole nitrogens is 1. The van der Waals surface area contributed by atoms with Gasteiger partial charge in [0.1, 0.15) is 6.61 Å². The SMILES string of the molecule is CC(C)(C)OCC(=O)NCc1cc[nH]c1. The van der Waals surface area contributed by atoms with E-state index in [0.717, 1.165) is 5.56 Å². The van der Waals surface area contributed by atoms with E-state index in [0.29, 0.717) is 6.54 Å². The molecule has 1 aromatic rings. The van der Waals surface area contributed by atoms with E-state index >= 15 is 0 Å². The van der Waals surface area contributed by atoms with E-state index in [1.165, 1.54) is 0 Å². The Balaban J connectivity index is 2.20. The highest BCUT2D eigenvalue weighted by molar-refractivity contribution is 5.77.